The van der Waals surface area contributed by atoms with Crippen LogP contribution in [-0.2, 0) is 6.54 Å². The van der Waals surface area contributed by atoms with Crippen LogP contribution in [0.5, 0.6) is 5.75 Å². The second-order valence-electron chi connectivity index (χ2n) is 6.08. The highest BCUT2D eigenvalue weighted by Crippen LogP contribution is 2.30. The normalized spacial score (nSPS) is 22.4. The lowest BCUT2D eigenvalue weighted by molar-refractivity contribution is 0.192. The van der Waals surface area contributed by atoms with E-state index in [9.17, 15) is 5.11 Å². The van der Waals surface area contributed by atoms with Gasteiger partial charge >= 0.3 is 0 Å². The number of rotatable bonds is 7. The third-order valence-corrected chi connectivity index (χ3v) is 4.06. The largest absolute Gasteiger partial charge is 0.491 e. The fourth-order valence-electron chi connectivity index (χ4n) is 3.03. The molecule has 0 aromatic heterocycles. The maximum atomic E-state index is 9.33. The summed E-state index contributed by atoms with van der Waals surface area (Å²) < 4.78 is 5.71. The smallest absolute Gasteiger partial charge is 0.120 e. The van der Waals surface area contributed by atoms with Gasteiger partial charge in [-0.1, -0.05) is 18.6 Å². The molecule has 2 atom stereocenters. The Bertz CT molecular complexity index is 406. The average Bonchev–Trinajstić information content (AvgIpc) is 2.86. The first kappa shape index (κ1) is 15.3. The number of aliphatic hydroxyl groups excluding tert-OH is 1. The summed E-state index contributed by atoms with van der Waals surface area (Å²) in [5.74, 6) is 2.07. The van der Waals surface area contributed by atoms with E-state index in [1.165, 1.54) is 24.8 Å². The third kappa shape index (κ3) is 4.50. The molecule has 2 rings (SSSR count). The molecule has 3 nitrogen and oxygen atoms in total. The van der Waals surface area contributed by atoms with Gasteiger partial charge in [0.2, 0.25) is 0 Å². The topological polar surface area (TPSA) is 41.5 Å². The highest BCUT2D eigenvalue weighted by Gasteiger charge is 2.25. The van der Waals surface area contributed by atoms with Gasteiger partial charge in [0.15, 0.2) is 0 Å². The summed E-state index contributed by atoms with van der Waals surface area (Å²) in [5.41, 5.74) is 1.25. The van der Waals surface area contributed by atoms with E-state index < -0.39 is 0 Å². The molecule has 2 unspecified atom stereocenters. The standard InChI is InChI=1S/C17H27NO2/c1-13(2)20-17-8-3-5-14(9-17)10-18-11-15-6-4-7-16(15)12-19/h3,5,8-9,13,15-16,18-19H,4,6-7,10-12H2,1-2H3. The van der Waals surface area contributed by atoms with Crippen molar-refractivity contribution in [1.29, 1.82) is 0 Å². The van der Waals surface area contributed by atoms with Gasteiger partial charge in [0.25, 0.3) is 0 Å². The molecular formula is C17H27NO2. The summed E-state index contributed by atoms with van der Waals surface area (Å²) in [5, 5.41) is 12.9. The van der Waals surface area contributed by atoms with E-state index in [0.717, 1.165) is 18.8 Å². The van der Waals surface area contributed by atoms with E-state index in [2.05, 4.69) is 17.4 Å². The Balaban J connectivity index is 1.79. The number of benzene rings is 1. The van der Waals surface area contributed by atoms with Crippen LogP contribution in [0.2, 0.25) is 0 Å². The quantitative estimate of drug-likeness (QED) is 0.805. The minimum absolute atomic E-state index is 0.210. The van der Waals surface area contributed by atoms with Gasteiger partial charge in [0.1, 0.15) is 5.75 Å². The van der Waals surface area contributed by atoms with Gasteiger partial charge in [-0.25, -0.2) is 0 Å². The van der Waals surface area contributed by atoms with Crippen LogP contribution in [0, 0.1) is 11.8 Å². The lowest BCUT2D eigenvalue weighted by atomic mass is 9.97. The van der Waals surface area contributed by atoms with Gasteiger partial charge in [-0.05, 0) is 62.8 Å². The van der Waals surface area contributed by atoms with Gasteiger partial charge in [-0.2, -0.15) is 0 Å². The zero-order valence-electron chi connectivity index (χ0n) is 12.6. The zero-order chi connectivity index (χ0) is 14.4. The number of hydrogen-bond donors (Lipinski definition) is 2. The number of hydrogen-bond acceptors (Lipinski definition) is 3. The van der Waals surface area contributed by atoms with Crippen LogP contribution in [-0.4, -0.2) is 24.4 Å². The van der Waals surface area contributed by atoms with E-state index >= 15 is 0 Å². The summed E-state index contributed by atoms with van der Waals surface area (Å²) in [4.78, 5) is 0. The molecule has 1 aliphatic carbocycles. The second kappa shape index (κ2) is 7.65. The molecule has 0 spiro atoms. The molecule has 1 aromatic carbocycles. The van der Waals surface area contributed by atoms with E-state index in [-0.39, 0.29) is 6.10 Å². The lowest BCUT2D eigenvalue weighted by Crippen LogP contribution is -2.26. The maximum Gasteiger partial charge on any atom is 0.120 e. The van der Waals surface area contributed by atoms with Gasteiger partial charge in [-0.15, -0.1) is 0 Å². The Hall–Kier alpha value is -1.06. The molecule has 0 bridgehead atoms. The molecule has 1 fully saturated rings. The maximum absolute atomic E-state index is 9.33. The van der Waals surface area contributed by atoms with Crippen LogP contribution in [0.1, 0.15) is 38.7 Å². The molecule has 1 saturated carbocycles. The SMILES string of the molecule is CC(C)Oc1cccc(CNCC2CCCC2CO)c1. The third-order valence-electron chi connectivity index (χ3n) is 4.06. The van der Waals surface area contributed by atoms with Crippen molar-refractivity contribution in [3.8, 4) is 5.75 Å². The summed E-state index contributed by atoms with van der Waals surface area (Å²) in [6.45, 7) is 6.29. The Morgan fingerprint density at radius 3 is 2.85 bits per heavy atom. The van der Waals surface area contributed by atoms with Gasteiger partial charge < -0.3 is 15.2 Å². The Labute approximate surface area is 122 Å². The second-order valence-corrected chi connectivity index (χ2v) is 6.08. The summed E-state index contributed by atoms with van der Waals surface area (Å²) in [6, 6.07) is 8.27. The van der Waals surface area contributed by atoms with Crippen LogP contribution in [0.25, 0.3) is 0 Å². The number of nitrogens with one attached hydrogen (secondary N) is 1. The molecule has 112 valence electrons. The van der Waals surface area contributed by atoms with Gasteiger partial charge in [0.05, 0.1) is 6.10 Å². The average molecular weight is 277 g/mol. The van der Waals surface area contributed by atoms with Crippen LogP contribution in [0.3, 0.4) is 0 Å². The lowest BCUT2D eigenvalue weighted by Gasteiger charge is -2.18. The molecule has 0 heterocycles. The Morgan fingerprint density at radius 1 is 1.30 bits per heavy atom. The van der Waals surface area contributed by atoms with E-state index in [1.807, 2.05) is 26.0 Å². The van der Waals surface area contributed by atoms with Crippen molar-refractivity contribution in [3.05, 3.63) is 29.8 Å². The molecule has 1 aliphatic rings. The zero-order valence-corrected chi connectivity index (χ0v) is 12.6. The summed E-state index contributed by atoms with van der Waals surface area (Å²) >= 11 is 0. The molecular weight excluding hydrogens is 250 g/mol. The molecule has 0 saturated heterocycles. The fourth-order valence-corrected chi connectivity index (χ4v) is 3.03. The molecule has 3 heteroatoms. The van der Waals surface area contributed by atoms with Gasteiger partial charge in [-0.3, -0.25) is 0 Å². The van der Waals surface area contributed by atoms with Gasteiger partial charge in [0, 0.05) is 13.2 Å². The fraction of sp³-hybridized carbons (Fsp3) is 0.647. The predicted molar refractivity (Wildman–Crippen MR) is 81.8 cm³/mol. The first-order chi connectivity index (χ1) is 9.69. The van der Waals surface area contributed by atoms with Crippen molar-refractivity contribution in [3.63, 3.8) is 0 Å². The van der Waals surface area contributed by atoms with Crippen molar-refractivity contribution < 1.29 is 9.84 Å². The summed E-state index contributed by atoms with van der Waals surface area (Å²) in [7, 11) is 0. The first-order valence-corrected chi connectivity index (χ1v) is 7.76. The van der Waals surface area contributed by atoms with Crippen molar-refractivity contribution in [2.75, 3.05) is 13.2 Å². The van der Waals surface area contributed by atoms with Crippen LogP contribution < -0.4 is 10.1 Å². The van der Waals surface area contributed by atoms with E-state index in [1.54, 1.807) is 0 Å². The van der Waals surface area contributed by atoms with Crippen LogP contribution >= 0.6 is 0 Å². The molecule has 2 N–H and O–H groups in total. The molecule has 0 amide bonds. The first-order valence-electron chi connectivity index (χ1n) is 7.76. The van der Waals surface area contributed by atoms with Crippen LogP contribution in [0.15, 0.2) is 24.3 Å². The highest BCUT2D eigenvalue weighted by atomic mass is 16.5. The summed E-state index contributed by atoms with van der Waals surface area (Å²) in [6.07, 6.45) is 3.90. The van der Waals surface area contributed by atoms with Crippen molar-refractivity contribution in [1.82, 2.24) is 5.32 Å². The minimum atomic E-state index is 0.210. The van der Waals surface area contributed by atoms with Crippen molar-refractivity contribution in [2.24, 2.45) is 11.8 Å². The van der Waals surface area contributed by atoms with E-state index in [0.29, 0.717) is 18.4 Å². The van der Waals surface area contributed by atoms with Crippen molar-refractivity contribution in [2.45, 2.75) is 45.8 Å². The van der Waals surface area contributed by atoms with E-state index in [4.69, 9.17) is 4.74 Å². The number of ether oxygens (including phenoxy) is 1. The highest BCUT2D eigenvalue weighted by molar-refractivity contribution is 5.28. The monoisotopic (exact) mass is 277 g/mol. The molecule has 0 radical (unpaired) electrons. The molecule has 1 aromatic rings. The minimum Gasteiger partial charge on any atom is -0.491 e. The molecule has 20 heavy (non-hydrogen) atoms. The predicted octanol–water partition coefficient (Wildman–Crippen LogP) is 2.97. The Kier molecular flexibility index (Phi) is 5.86. The number of aliphatic hydroxyl groups is 1. The van der Waals surface area contributed by atoms with Crippen molar-refractivity contribution >= 4 is 0 Å². The Morgan fingerprint density at radius 2 is 2.10 bits per heavy atom. The molecule has 0 aliphatic heterocycles. The van der Waals surface area contributed by atoms with Crippen LogP contribution in [0.4, 0.5) is 0 Å².